The van der Waals surface area contributed by atoms with Crippen LogP contribution >= 0.6 is 11.6 Å². The van der Waals surface area contributed by atoms with Gasteiger partial charge in [0.2, 0.25) is 5.91 Å². The highest BCUT2D eigenvalue weighted by atomic mass is 35.5. The number of nitrogens with zero attached hydrogens (tertiary/aromatic N) is 1. The molecule has 1 aromatic rings. The Kier molecular flexibility index (Phi) is 4.63. The minimum absolute atomic E-state index is 0.0251. The molecule has 0 radical (unpaired) electrons. The highest BCUT2D eigenvalue weighted by Gasteiger charge is 2.16. The zero-order valence-corrected chi connectivity index (χ0v) is 11.6. The van der Waals surface area contributed by atoms with Crippen LogP contribution in [0.1, 0.15) is 12.0 Å². The van der Waals surface area contributed by atoms with E-state index in [0.717, 1.165) is 11.8 Å². The fraction of sp³-hybridized carbons (Fsp3) is 0.286. The summed E-state index contributed by atoms with van der Waals surface area (Å²) < 4.78 is 0. The molecule has 1 fully saturated rings. The van der Waals surface area contributed by atoms with E-state index in [1.165, 1.54) is 6.08 Å². The number of hydrogen-bond acceptors (Lipinski definition) is 3. The SMILES string of the molecule is O=C(O)C=Cc1c(Cl)cccc1N1CCNC(=O)CC1. The van der Waals surface area contributed by atoms with E-state index in [1.54, 1.807) is 6.07 Å². The van der Waals surface area contributed by atoms with Crippen LogP contribution in [-0.2, 0) is 9.59 Å². The van der Waals surface area contributed by atoms with Gasteiger partial charge in [0.15, 0.2) is 0 Å². The summed E-state index contributed by atoms with van der Waals surface area (Å²) in [5.41, 5.74) is 1.50. The molecule has 1 aliphatic rings. The van der Waals surface area contributed by atoms with Crippen LogP contribution in [0, 0.1) is 0 Å². The third kappa shape index (κ3) is 3.51. The van der Waals surface area contributed by atoms with Crippen molar-refractivity contribution >= 4 is 35.2 Å². The maximum Gasteiger partial charge on any atom is 0.328 e. The molecular formula is C14H15ClN2O3. The van der Waals surface area contributed by atoms with E-state index >= 15 is 0 Å². The zero-order valence-electron chi connectivity index (χ0n) is 10.8. The highest BCUT2D eigenvalue weighted by molar-refractivity contribution is 6.32. The lowest BCUT2D eigenvalue weighted by atomic mass is 10.1. The molecule has 0 aromatic heterocycles. The summed E-state index contributed by atoms with van der Waals surface area (Å²) in [4.78, 5) is 24.1. The second-order valence-electron chi connectivity index (χ2n) is 4.43. The topological polar surface area (TPSA) is 69.6 Å². The number of carboxylic acid groups (broad SMARTS) is 1. The summed E-state index contributed by atoms with van der Waals surface area (Å²) in [5.74, 6) is -0.999. The highest BCUT2D eigenvalue weighted by Crippen LogP contribution is 2.29. The first-order valence-corrected chi connectivity index (χ1v) is 6.67. The molecule has 1 amide bonds. The Hall–Kier alpha value is -2.01. The number of rotatable bonds is 3. The van der Waals surface area contributed by atoms with Gasteiger partial charge in [-0.05, 0) is 18.2 Å². The Balaban J connectivity index is 2.32. The van der Waals surface area contributed by atoms with Gasteiger partial charge in [-0.1, -0.05) is 17.7 Å². The van der Waals surface area contributed by atoms with Crippen LogP contribution in [0.3, 0.4) is 0 Å². The standard InChI is InChI=1S/C14H15ClN2O3/c15-11-2-1-3-12(10(11)4-5-14(19)20)17-8-6-13(18)16-7-9-17/h1-5H,6-9H2,(H,16,18)(H,19,20). The van der Waals surface area contributed by atoms with Crippen LogP contribution < -0.4 is 10.2 Å². The Bertz CT molecular complexity index is 557. The quantitative estimate of drug-likeness (QED) is 0.834. The van der Waals surface area contributed by atoms with Gasteiger partial charge < -0.3 is 15.3 Å². The fourth-order valence-corrected chi connectivity index (χ4v) is 2.36. The largest absolute Gasteiger partial charge is 0.478 e. The summed E-state index contributed by atoms with van der Waals surface area (Å²) in [5, 5.41) is 12.0. The minimum atomic E-state index is -1.02. The predicted molar refractivity (Wildman–Crippen MR) is 78.0 cm³/mol. The van der Waals surface area contributed by atoms with Crippen LogP contribution in [0.2, 0.25) is 5.02 Å². The number of hydrogen-bond donors (Lipinski definition) is 2. The van der Waals surface area contributed by atoms with Gasteiger partial charge in [-0.25, -0.2) is 4.79 Å². The number of benzene rings is 1. The maximum absolute atomic E-state index is 11.4. The van der Waals surface area contributed by atoms with Crippen molar-refractivity contribution in [3.8, 4) is 0 Å². The lowest BCUT2D eigenvalue weighted by Gasteiger charge is -2.24. The molecule has 0 aliphatic carbocycles. The normalized spacial score (nSPS) is 16.1. The predicted octanol–water partition coefficient (Wildman–Crippen LogP) is 1.76. The second-order valence-corrected chi connectivity index (χ2v) is 4.84. The van der Waals surface area contributed by atoms with E-state index in [9.17, 15) is 9.59 Å². The van der Waals surface area contributed by atoms with Crippen molar-refractivity contribution < 1.29 is 14.7 Å². The number of halogens is 1. The van der Waals surface area contributed by atoms with E-state index in [1.807, 2.05) is 17.0 Å². The van der Waals surface area contributed by atoms with Gasteiger partial charge in [-0.3, -0.25) is 4.79 Å². The first-order chi connectivity index (χ1) is 9.58. The van der Waals surface area contributed by atoms with E-state index in [2.05, 4.69) is 5.32 Å². The molecule has 106 valence electrons. The van der Waals surface area contributed by atoms with Crippen LogP contribution in [-0.4, -0.2) is 36.6 Å². The van der Waals surface area contributed by atoms with Crippen LogP contribution in [0.15, 0.2) is 24.3 Å². The fourth-order valence-electron chi connectivity index (χ4n) is 2.13. The molecule has 20 heavy (non-hydrogen) atoms. The van der Waals surface area contributed by atoms with Crippen LogP contribution in [0.4, 0.5) is 5.69 Å². The van der Waals surface area contributed by atoms with Crippen molar-refractivity contribution in [2.45, 2.75) is 6.42 Å². The van der Waals surface area contributed by atoms with Gasteiger partial charge in [-0.15, -0.1) is 0 Å². The van der Waals surface area contributed by atoms with Crippen molar-refractivity contribution in [2.75, 3.05) is 24.5 Å². The summed E-state index contributed by atoms with van der Waals surface area (Å²) in [6, 6.07) is 5.41. The molecule has 0 spiro atoms. The Morgan fingerprint density at radius 1 is 1.40 bits per heavy atom. The van der Waals surface area contributed by atoms with Crippen molar-refractivity contribution in [3.05, 3.63) is 34.9 Å². The summed E-state index contributed by atoms with van der Waals surface area (Å²) >= 11 is 6.15. The molecule has 0 unspecified atom stereocenters. The Labute approximate surface area is 121 Å². The zero-order chi connectivity index (χ0) is 14.5. The number of aliphatic carboxylic acids is 1. The van der Waals surface area contributed by atoms with Gasteiger partial charge in [0.25, 0.3) is 0 Å². The molecule has 2 N–H and O–H groups in total. The number of carbonyl (C=O) groups excluding carboxylic acids is 1. The summed E-state index contributed by atoms with van der Waals surface area (Å²) in [6.45, 7) is 1.81. The minimum Gasteiger partial charge on any atom is -0.478 e. The Morgan fingerprint density at radius 3 is 2.95 bits per heavy atom. The van der Waals surface area contributed by atoms with Gasteiger partial charge >= 0.3 is 5.97 Å². The molecular weight excluding hydrogens is 280 g/mol. The molecule has 0 bridgehead atoms. The lowest BCUT2D eigenvalue weighted by molar-refractivity contribution is -0.131. The average Bonchev–Trinajstić information content (AvgIpc) is 2.62. The molecule has 0 saturated carbocycles. The third-order valence-corrected chi connectivity index (χ3v) is 3.41. The van der Waals surface area contributed by atoms with Crippen LogP contribution in [0.5, 0.6) is 0 Å². The Morgan fingerprint density at radius 2 is 2.20 bits per heavy atom. The van der Waals surface area contributed by atoms with Gasteiger partial charge in [0.05, 0.1) is 0 Å². The number of carboxylic acids is 1. The summed E-state index contributed by atoms with van der Waals surface area (Å²) in [7, 11) is 0. The molecule has 1 aliphatic heterocycles. The molecule has 0 atom stereocenters. The smallest absolute Gasteiger partial charge is 0.328 e. The van der Waals surface area contributed by atoms with Crippen molar-refractivity contribution in [1.29, 1.82) is 0 Å². The monoisotopic (exact) mass is 294 g/mol. The number of anilines is 1. The lowest BCUT2D eigenvalue weighted by Crippen LogP contribution is -2.28. The third-order valence-electron chi connectivity index (χ3n) is 3.08. The van der Waals surface area contributed by atoms with Gasteiger partial charge in [-0.2, -0.15) is 0 Å². The van der Waals surface area contributed by atoms with E-state index in [4.69, 9.17) is 16.7 Å². The maximum atomic E-state index is 11.4. The number of carbonyl (C=O) groups is 2. The first kappa shape index (κ1) is 14.4. The number of nitrogens with one attached hydrogen (secondary N) is 1. The van der Waals surface area contributed by atoms with Crippen molar-refractivity contribution in [2.24, 2.45) is 0 Å². The molecule has 1 heterocycles. The molecule has 1 aromatic carbocycles. The average molecular weight is 295 g/mol. The number of amides is 1. The molecule has 2 rings (SSSR count). The molecule has 5 nitrogen and oxygen atoms in total. The van der Waals surface area contributed by atoms with Gasteiger partial charge in [0.1, 0.15) is 0 Å². The summed E-state index contributed by atoms with van der Waals surface area (Å²) in [6.07, 6.45) is 2.96. The second kappa shape index (κ2) is 6.43. The molecule has 1 saturated heterocycles. The van der Waals surface area contributed by atoms with E-state index < -0.39 is 5.97 Å². The first-order valence-electron chi connectivity index (χ1n) is 6.29. The van der Waals surface area contributed by atoms with E-state index in [0.29, 0.717) is 36.6 Å². The molecule has 6 heteroatoms. The van der Waals surface area contributed by atoms with Crippen LogP contribution in [0.25, 0.3) is 6.08 Å². The van der Waals surface area contributed by atoms with Crippen molar-refractivity contribution in [3.63, 3.8) is 0 Å². The van der Waals surface area contributed by atoms with Gasteiger partial charge in [0, 0.05) is 48.4 Å². The van der Waals surface area contributed by atoms with E-state index in [-0.39, 0.29) is 5.91 Å². The van der Waals surface area contributed by atoms with Crippen molar-refractivity contribution in [1.82, 2.24) is 5.32 Å².